The number of halogens is 1. The molecule has 5 aliphatic rings. The van der Waals surface area contributed by atoms with E-state index in [9.17, 15) is 0 Å². The van der Waals surface area contributed by atoms with Crippen LogP contribution in [0.15, 0.2) is 12.1 Å². The van der Waals surface area contributed by atoms with Gasteiger partial charge in [0.1, 0.15) is 11.6 Å². The molecule has 4 saturated carbocycles. The van der Waals surface area contributed by atoms with E-state index in [0.29, 0.717) is 28.0 Å². The lowest BCUT2D eigenvalue weighted by atomic mass is 9.39. The van der Waals surface area contributed by atoms with Gasteiger partial charge in [0, 0.05) is 23.6 Å². The minimum absolute atomic E-state index is 0.0769. The van der Waals surface area contributed by atoms with E-state index >= 15 is 4.39 Å². The molecule has 0 radical (unpaired) electrons. The van der Waals surface area contributed by atoms with Crippen LogP contribution in [0.4, 0.5) is 4.39 Å². The number of rotatable bonds is 5. The molecule has 4 nitrogen and oxygen atoms in total. The van der Waals surface area contributed by atoms with Crippen molar-refractivity contribution in [2.45, 2.75) is 96.7 Å². The lowest BCUT2D eigenvalue weighted by Crippen LogP contribution is -2.57. The summed E-state index contributed by atoms with van der Waals surface area (Å²) in [5, 5.41) is 0. The van der Waals surface area contributed by atoms with Gasteiger partial charge in [0.2, 0.25) is 0 Å². The van der Waals surface area contributed by atoms with Crippen molar-refractivity contribution < 1.29 is 23.2 Å². The number of hydrogen-bond donors (Lipinski definition) is 0. The Morgan fingerprint density at radius 1 is 0.938 bits per heavy atom. The van der Waals surface area contributed by atoms with Crippen molar-refractivity contribution in [2.75, 3.05) is 13.9 Å². The fraction of sp³-hybridized carbons (Fsp3) is 0.769. The second kappa shape index (κ2) is 6.96. The predicted molar refractivity (Wildman–Crippen MR) is 124 cm³/mol. The van der Waals surface area contributed by atoms with Crippen LogP contribution in [0.1, 0.15) is 85.6 Å². The SMILES string of the molecule is COCOc1c(B2OC(C)(C)C(C)(C)O2)cc(F)cc1C12C[C@@H]3C[C@@](C)(C1)C[C@](C)(C3)C2. The third kappa shape index (κ3) is 3.44. The molecule has 4 atom stereocenters. The van der Waals surface area contributed by atoms with Crippen molar-refractivity contribution >= 4 is 12.6 Å². The second-order valence-corrected chi connectivity index (χ2v) is 12.9. The summed E-state index contributed by atoms with van der Waals surface area (Å²) in [5.74, 6) is 1.14. The Morgan fingerprint density at radius 3 is 2.06 bits per heavy atom. The Kier molecular flexibility index (Phi) is 4.93. The highest BCUT2D eigenvalue weighted by Crippen LogP contribution is 2.70. The molecule has 1 aliphatic heterocycles. The van der Waals surface area contributed by atoms with E-state index in [-0.39, 0.29) is 18.0 Å². The van der Waals surface area contributed by atoms with Crippen LogP contribution in [-0.4, -0.2) is 32.2 Å². The van der Waals surface area contributed by atoms with Crippen LogP contribution in [0.25, 0.3) is 0 Å². The molecule has 1 heterocycles. The zero-order valence-corrected chi connectivity index (χ0v) is 20.8. The van der Waals surface area contributed by atoms with Crippen molar-refractivity contribution in [3.05, 3.63) is 23.5 Å². The smallest absolute Gasteiger partial charge is 0.468 e. The van der Waals surface area contributed by atoms with E-state index in [4.69, 9.17) is 18.8 Å². The molecule has 0 amide bonds. The number of hydrogen-bond acceptors (Lipinski definition) is 4. The average Bonchev–Trinajstić information content (AvgIpc) is 2.84. The maximum atomic E-state index is 15.2. The van der Waals surface area contributed by atoms with E-state index in [1.165, 1.54) is 25.3 Å². The van der Waals surface area contributed by atoms with E-state index in [1.54, 1.807) is 13.2 Å². The van der Waals surface area contributed by atoms with Crippen LogP contribution in [0.3, 0.4) is 0 Å². The normalized spacial score (nSPS) is 39.0. The summed E-state index contributed by atoms with van der Waals surface area (Å²) in [4.78, 5) is 0. The summed E-state index contributed by atoms with van der Waals surface area (Å²) in [6, 6.07) is 3.25. The number of methoxy groups -OCH3 is 1. The van der Waals surface area contributed by atoms with Crippen LogP contribution in [0, 0.1) is 22.6 Å². The van der Waals surface area contributed by atoms with Gasteiger partial charge in [-0.05, 0) is 95.1 Å². The average molecular weight is 444 g/mol. The molecule has 32 heavy (non-hydrogen) atoms. The zero-order valence-electron chi connectivity index (χ0n) is 20.8. The van der Waals surface area contributed by atoms with Crippen LogP contribution < -0.4 is 10.2 Å². The molecule has 176 valence electrons. The summed E-state index contributed by atoms with van der Waals surface area (Å²) in [6.45, 7) is 13.1. The van der Waals surface area contributed by atoms with Gasteiger partial charge in [-0.2, -0.15) is 0 Å². The summed E-state index contributed by atoms with van der Waals surface area (Å²) >= 11 is 0. The van der Waals surface area contributed by atoms with Crippen LogP contribution >= 0.6 is 0 Å². The van der Waals surface area contributed by atoms with Gasteiger partial charge < -0.3 is 18.8 Å². The van der Waals surface area contributed by atoms with Gasteiger partial charge in [0.05, 0.1) is 11.2 Å². The molecule has 1 unspecified atom stereocenters. The molecule has 6 heteroatoms. The molecule has 0 spiro atoms. The summed E-state index contributed by atoms with van der Waals surface area (Å²) in [6.07, 6.45) is 7.12. The first-order valence-electron chi connectivity index (χ1n) is 12.1. The first-order chi connectivity index (χ1) is 14.8. The van der Waals surface area contributed by atoms with E-state index in [2.05, 4.69) is 13.8 Å². The lowest BCUT2D eigenvalue weighted by molar-refractivity contribution is -0.110. The van der Waals surface area contributed by atoms with Crippen molar-refractivity contribution in [3.8, 4) is 5.75 Å². The molecule has 0 aromatic heterocycles. The molecule has 1 aromatic rings. The molecule has 6 rings (SSSR count). The Balaban J connectivity index is 1.64. The number of ether oxygens (including phenoxy) is 2. The monoisotopic (exact) mass is 444 g/mol. The molecular weight excluding hydrogens is 406 g/mol. The van der Waals surface area contributed by atoms with Gasteiger partial charge >= 0.3 is 7.12 Å². The largest absolute Gasteiger partial charge is 0.498 e. The minimum atomic E-state index is -0.679. The minimum Gasteiger partial charge on any atom is -0.468 e. The van der Waals surface area contributed by atoms with Crippen molar-refractivity contribution in [1.82, 2.24) is 0 Å². The van der Waals surface area contributed by atoms with E-state index in [0.717, 1.165) is 24.8 Å². The van der Waals surface area contributed by atoms with Gasteiger partial charge in [-0.1, -0.05) is 13.8 Å². The third-order valence-corrected chi connectivity index (χ3v) is 9.11. The summed E-state index contributed by atoms with van der Waals surface area (Å²) in [7, 11) is 0.936. The third-order valence-electron chi connectivity index (χ3n) is 9.11. The van der Waals surface area contributed by atoms with Crippen LogP contribution in [-0.2, 0) is 19.5 Å². The van der Waals surface area contributed by atoms with Crippen LogP contribution in [0.2, 0.25) is 0 Å². The number of benzene rings is 1. The molecule has 1 aromatic carbocycles. The molecule has 4 bridgehead atoms. The maximum Gasteiger partial charge on any atom is 0.498 e. The lowest BCUT2D eigenvalue weighted by Gasteiger charge is -2.65. The van der Waals surface area contributed by atoms with Crippen molar-refractivity contribution in [1.29, 1.82) is 0 Å². The Morgan fingerprint density at radius 2 is 1.53 bits per heavy atom. The highest BCUT2D eigenvalue weighted by atomic mass is 19.1. The topological polar surface area (TPSA) is 36.9 Å². The quantitative estimate of drug-likeness (QED) is 0.453. The predicted octanol–water partition coefficient (Wildman–Crippen LogP) is 5.36. The molecule has 1 saturated heterocycles. The van der Waals surface area contributed by atoms with Gasteiger partial charge in [-0.15, -0.1) is 0 Å². The first kappa shape index (κ1) is 22.7. The van der Waals surface area contributed by atoms with Gasteiger partial charge in [0.25, 0.3) is 0 Å². The van der Waals surface area contributed by atoms with E-state index in [1.807, 2.05) is 27.7 Å². The van der Waals surface area contributed by atoms with Gasteiger partial charge in [-0.3, -0.25) is 0 Å². The second-order valence-electron chi connectivity index (χ2n) is 12.9. The maximum absolute atomic E-state index is 15.2. The van der Waals surface area contributed by atoms with Gasteiger partial charge in [-0.25, -0.2) is 4.39 Å². The fourth-order valence-electron chi connectivity index (χ4n) is 8.18. The van der Waals surface area contributed by atoms with Crippen molar-refractivity contribution in [3.63, 3.8) is 0 Å². The molecule has 5 fully saturated rings. The molecule has 4 aliphatic carbocycles. The summed E-state index contributed by atoms with van der Waals surface area (Å²) < 4.78 is 39.4. The fourth-order valence-corrected chi connectivity index (χ4v) is 8.18. The highest BCUT2D eigenvalue weighted by molar-refractivity contribution is 6.63. The van der Waals surface area contributed by atoms with Crippen LogP contribution in [0.5, 0.6) is 5.75 Å². The summed E-state index contributed by atoms with van der Waals surface area (Å²) in [5.41, 5.74) is 1.15. The Labute approximate surface area is 192 Å². The molecular formula is C26H38BFO4. The highest BCUT2D eigenvalue weighted by Gasteiger charge is 2.62. The Hall–Kier alpha value is -1.11. The zero-order chi connectivity index (χ0) is 23.2. The Bertz CT molecular complexity index is 895. The molecule has 0 N–H and O–H groups in total. The van der Waals surface area contributed by atoms with E-state index < -0.39 is 18.3 Å². The first-order valence-corrected chi connectivity index (χ1v) is 12.1. The van der Waals surface area contributed by atoms with Gasteiger partial charge in [0.15, 0.2) is 6.79 Å². The van der Waals surface area contributed by atoms with Crippen molar-refractivity contribution in [2.24, 2.45) is 16.7 Å². The standard InChI is InChI=1S/C26H38BFO4/c1-22(2)23(3,4)32-27(31-22)20-9-18(28)8-19(21(20)30-16-29-7)26-12-17-10-24(5,14-26)13-25(6,11-17)15-26/h8-9,17H,10-16H2,1-7H3/t17-,24-,25+,26?.